The Morgan fingerprint density at radius 1 is 1.69 bits per heavy atom. The molecule has 0 aliphatic rings. The van der Waals surface area contributed by atoms with Gasteiger partial charge in [-0.25, -0.2) is 4.98 Å². The minimum Gasteiger partial charge on any atom is -0.481 e. The minimum absolute atomic E-state index is 0.156. The lowest BCUT2D eigenvalue weighted by Gasteiger charge is -2.02. The molecule has 0 saturated carbocycles. The highest BCUT2D eigenvalue weighted by Crippen LogP contribution is 2.13. The number of halogens is 1. The summed E-state index contributed by atoms with van der Waals surface area (Å²) in [6.45, 7) is 1.59. The third-order valence-corrected chi connectivity index (χ3v) is 2.52. The largest absolute Gasteiger partial charge is 0.481 e. The van der Waals surface area contributed by atoms with Gasteiger partial charge in [0, 0.05) is 11.9 Å². The number of aryl methyl sites for hydroxylation is 1. The number of aromatic nitrogens is 3. The average molecular weight is 242 g/mol. The van der Waals surface area contributed by atoms with Gasteiger partial charge in [0.1, 0.15) is 5.02 Å². The van der Waals surface area contributed by atoms with Gasteiger partial charge in [-0.3, -0.25) is 14.7 Å². The quantitative estimate of drug-likeness (QED) is 0.807. The molecule has 84 valence electrons. The first-order chi connectivity index (χ1) is 7.50. The van der Waals surface area contributed by atoms with Gasteiger partial charge >= 0.3 is 5.97 Å². The van der Waals surface area contributed by atoms with Crippen molar-refractivity contribution in [1.82, 2.24) is 14.6 Å². The molecule has 6 nitrogen and oxygen atoms in total. The number of hydrogen-bond donors (Lipinski definition) is 2. The van der Waals surface area contributed by atoms with Crippen molar-refractivity contribution in [1.29, 1.82) is 0 Å². The monoisotopic (exact) mass is 241 g/mol. The highest BCUT2D eigenvalue weighted by Gasteiger charge is 2.15. The van der Waals surface area contributed by atoms with E-state index in [1.54, 1.807) is 6.92 Å². The Morgan fingerprint density at radius 2 is 2.38 bits per heavy atom. The fourth-order valence-corrected chi connectivity index (χ4v) is 1.66. The van der Waals surface area contributed by atoms with E-state index in [0.29, 0.717) is 16.4 Å². The topological polar surface area (TPSA) is 87.5 Å². The van der Waals surface area contributed by atoms with Crippen molar-refractivity contribution in [3.63, 3.8) is 0 Å². The van der Waals surface area contributed by atoms with Gasteiger partial charge in [-0.2, -0.15) is 4.52 Å². The summed E-state index contributed by atoms with van der Waals surface area (Å²) in [5, 5.41) is 11.6. The molecule has 7 heteroatoms. The summed E-state index contributed by atoms with van der Waals surface area (Å²) in [5.74, 6) is -1.07. The molecule has 2 N–H and O–H groups in total. The second kappa shape index (κ2) is 3.64. The summed E-state index contributed by atoms with van der Waals surface area (Å²) < 4.78 is 1.13. The first-order valence-electron chi connectivity index (χ1n) is 4.47. The van der Waals surface area contributed by atoms with Crippen LogP contribution in [0, 0.1) is 6.92 Å². The summed E-state index contributed by atoms with van der Waals surface area (Å²) in [4.78, 5) is 26.6. The molecule has 0 saturated heterocycles. The van der Waals surface area contributed by atoms with E-state index in [0.717, 1.165) is 4.52 Å². The summed E-state index contributed by atoms with van der Waals surface area (Å²) in [6, 6.07) is 0. The maximum Gasteiger partial charge on any atom is 0.308 e. The van der Waals surface area contributed by atoms with Gasteiger partial charge in [0.25, 0.3) is 5.56 Å². The Bertz CT molecular complexity index is 629. The molecule has 0 atom stereocenters. The molecule has 0 spiro atoms. The van der Waals surface area contributed by atoms with Crippen LogP contribution in [-0.4, -0.2) is 25.7 Å². The van der Waals surface area contributed by atoms with Crippen molar-refractivity contribution in [3.8, 4) is 0 Å². The fraction of sp³-hybridized carbons (Fsp3) is 0.222. The van der Waals surface area contributed by atoms with Crippen molar-refractivity contribution < 1.29 is 9.90 Å². The Balaban J connectivity index is 2.76. The van der Waals surface area contributed by atoms with Gasteiger partial charge in [-0.15, -0.1) is 0 Å². The lowest BCUT2D eigenvalue weighted by Crippen LogP contribution is -2.23. The van der Waals surface area contributed by atoms with E-state index < -0.39 is 11.5 Å². The predicted octanol–water partition coefficient (Wildman–Crippen LogP) is 0.612. The first kappa shape index (κ1) is 10.7. The normalized spacial score (nSPS) is 10.9. The zero-order valence-electron chi connectivity index (χ0n) is 8.32. The van der Waals surface area contributed by atoms with Crippen LogP contribution in [0.2, 0.25) is 5.02 Å². The van der Waals surface area contributed by atoms with Gasteiger partial charge in [0.2, 0.25) is 0 Å². The molecule has 0 fully saturated rings. The Hall–Kier alpha value is -1.82. The number of hydrogen-bond acceptors (Lipinski definition) is 3. The molecule has 0 aliphatic carbocycles. The van der Waals surface area contributed by atoms with Crippen molar-refractivity contribution >= 4 is 23.2 Å². The van der Waals surface area contributed by atoms with E-state index in [4.69, 9.17) is 16.7 Å². The van der Waals surface area contributed by atoms with Gasteiger partial charge in [0.05, 0.1) is 12.0 Å². The minimum atomic E-state index is -1.07. The van der Waals surface area contributed by atoms with Gasteiger partial charge in [-0.1, -0.05) is 11.6 Å². The highest BCUT2D eigenvalue weighted by atomic mass is 35.5. The predicted molar refractivity (Wildman–Crippen MR) is 56.9 cm³/mol. The van der Waals surface area contributed by atoms with Crippen LogP contribution in [-0.2, 0) is 11.2 Å². The number of carbonyl (C=O) groups is 1. The number of nitrogens with zero attached hydrogens (tertiary/aromatic N) is 2. The van der Waals surface area contributed by atoms with Gasteiger partial charge < -0.3 is 5.11 Å². The Morgan fingerprint density at radius 3 is 3.00 bits per heavy atom. The van der Waals surface area contributed by atoms with Crippen LogP contribution in [0.5, 0.6) is 0 Å². The fourth-order valence-electron chi connectivity index (χ4n) is 1.48. The third kappa shape index (κ3) is 1.57. The summed E-state index contributed by atoms with van der Waals surface area (Å²) in [7, 11) is 0. The molecule has 0 bridgehead atoms. The lowest BCUT2D eigenvalue weighted by atomic mass is 10.2. The molecule has 2 rings (SSSR count). The van der Waals surface area contributed by atoms with Crippen molar-refractivity contribution in [2.24, 2.45) is 0 Å². The van der Waals surface area contributed by atoms with E-state index in [1.807, 2.05) is 0 Å². The second-order valence-corrected chi connectivity index (χ2v) is 3.74. The number of H-pyrrole nitrogens is 1. The SMILES string of the molecule is Cc1nc2c(Cl)c[nH]n2c(=O)c1CC(=O)O. The van der Waals surface area contributed by atoms with E-state index in [9.17, 15) is 9.59 Å². The van der Waals surface area contributed by atoms with Crippen molar-refractivity contribution in [2.45, 2.75) is 13.3 Å². The molecule has 0 radical (unpaired) electrons. The molecule has 0 amide bonds. The van der Waals surface area contributed by atoms with Gasteiger partial charge in [0.15, 0.2) is 5.65 Å². The van der Waals surface area contributed by atoms with Crippen LogP contribution in [0.15, 0.2) is 11.0 Å². The average Bonchev–Trinajstić information content (AvgIpc) is 2.55. The molecule has 0 aliphatic heterocycles. The number of aliphatic carboxylic acids is 1. The maximum absolute atomic E-state index is 11.9. The zero-order chi connectivity index (χ0) is 11.9. The summed E-state index contributed by atoms with van der Waals surface area (Å²) >= 11 is 5.80. The maximum atomic E-state index is 11.9. The number of carboxylic acid groups (broad SMARTS) is 1. The molecule has 2 heterocycles. The van der Waals surface area contributed by atoms with Crippen molar-refractivity contribution in [3.05, 3.63) is 32.8 Å². The van der Waals surface area contributed by atoms with Crippen LogP contribution < -0.4 is 5.56 Å². The number of nitrogens with one attached hydrogen (secondary N) is 1. The Labute approximate surface area is 94.5 Å². The molecule has 0 aromatic carbocycles. The van der Waals surface area contributed by atoms with E-state index in [1.165, 1.54) is 6.20 Å². The number of carboxylic acids is 1. The van der Waals surface area contributed by atoms with E-state index in [2.05, 4.69) is 10.1 Å². The molecule has 2 aromatic heterocycles. The zero-order valence-corrected chi connectivity index (χ0v) is 9.08. The van der Waals surface area contributed by atoms with E-state index >= 15 is 0 Å². The molecule has 16 heavy (non-hydrogen) atoms. The van der Waals surface area contributed by atoms with Crippen LogP contribution >= 0.6 is 11.6 Å². The van der Waals surface area contributed by atoms with Gasteiger partial charge in [-0.05, 0) is 6.92 Å². The van der Waals surface area contributed by atoms with Crippen LogP contribution in [0.25, 0.3) is 5.65 Å². The smallest absolute Gasteiger partial charge is 0.308 e. The molecule has 2 aromatic rings. The van der Waals surface area contributed by atoms with Crippen LogP contribution in [0.1, 0.15) is 11.3 Å². The molecular formula is C9H8ClN3O3. The second-order valence-electron chi connectivity index (χ2n) is 3.33. The third-order valence-electron chi connectivity index (χ3n) is 2.25. The lowest BCUT2D eigenvalue weighted by molar-refractivity contribution is -0.136. The van der Waals surface area contributed by atoms with E-state index in [-0.39, 0.29) is 12.0 Å². The standard InChI is InChI=1S/C9H8ClN3O3/c1-4-5(2-7(14)15)9(16)13-8(12-4)6(10)3-11-13/h3,11H,2H2,1H3,(H,14,15). The number of fused-ring (bicyclic) bond motifs is 1. The summed E-state index contributed by atoms with van der Waals surface area (Å²) in [6.07, 6.45) is 1.08. The summed E-state index contributed by atoms with van der Waals surface area (Å²) in [5.41, 5.74) is 0.410. The van der Waals surface area contributed by atoms with Crippen LogP contribution in [0.4, 0.5) is 0 Å². The van der Waals surface area contributed by atoms with Crippen LogP contribution in [0.3, 0.4) is 0 Å². The number of rotatable bonds is 2. The molecule has 0 unspecified atom stereocenters. The first-order valence-corrected chi connectivity index (χ1v) is 4.85. The highest BCUT2D eigenvalue weighted by molar-refractivity contribution is 6.33. The van der Waals surface area contributed by atoms with Crippen molar-refractivity contribution in [2.75, 3.05) is 0 Å². The molecular weight excluding hydrogens is 234 g/mol. The Kier molecular flexibility index (Phi) is 2.43. The number of aromatic amines is 1.